The maximum atomic E-state index is 13.5. The summed E-state index contributed by atoms with van der Waals surface area (Å²) < 4.78 is 45.2. The van der Waals surface area contributed by atoms with Crippen molar-refractivity contribution in [3.8, 4) is 17.3 Å². The predicted octanol–water partition coefficient (Wildman–Crippen LogP) is 4.46. The van der Waals surface area contributed by atoms with Gasteiger partial charge in [0.1, 0.15) is 5.56 Å². The second kappa shape index (κ2) is 10.4. The summed E-state index contributed by atoms with van der Waals surface area (Å²) in [5, 5.41) is 12.7. The molecule has 1 aliphatic carbocycles. The van der Waals surface area contributed by atoms with E-state index in [-0.39, 0.29) is 17.7 Å². The van der Waals surface area contributed by atoms with Crippen molar-refractivity contribution in [2.24, 2.45) is 5.73 Å². The molecule has 0 unspecified atom stereocenters. The highest BCUT2D eigenvalue weighted by molar-refractivity contribution is 5.96. The Morgan fingerprint density at radius 3 is 2.66 bits per heavy atom. The van der Waals surface area contributed by atoms with Crippen LogP contribution in [0.3, 0.4) is 0 Å². The number of nitrogens with zero attached hydrogens (tertiary/aromatic N) is 3. The van der Waals surface area contributed by atoms with Gasteiger partial charge in [0, 0.05) is 48.6 Å². The number of H-pyrrole nitrogens is 1. The van der Waals surface area contributed by atoms with Gasteiger partial charge in [0.25, 0.3) is 0 Å². The Bertz CT molecular complexity index is 1080. The fourth-order valence-corrected chi connectivity index (χ4v) is 3.63. The van der Waals surface area contributed by atoms with Crippen LogP contribution in [0.25, 0.3) is 22.2 Å². The Kier molecular flexibility index (Phi) is 7.66. The monoisotopic (exact) mass is 446 g/mol. The van der Waals surface area contributed by atoms with E-state index in [1.165, 1.54) is 6.20 Å². The number of ether oxygens (including phenoxy) is 1. The van der Waals surface area contributed by atoms with Gasteiger partial charge >= 0.3 is 6.18 Å². The van der Waals surface area contributed by atoms with Crippen LogP contribution in [0.1, 0.15) is 36.8 Å². The summed E-state index contributed by atoms with van der Waals surface area (Å²) in [6, 6.07) is 7.02. The van der Waals surface area contributed by atoms with Crippen LogP contribution in [0.5, 0.6) is 0 Å². The van der Waals surface area contributed by atoms with Crippen LogP contribution in [-0.2, 0) is 10.9 Å². The Morgan fingerprint density at radius 1 is 1.31 bits per heavy atom. The van der Waals surface area contributed by atoms with Crippen LogP contribution in [0.4, 0.5) is 19.1 Å². The zero-order valence-corrected chi connectivity index (χ0v) is 17.7. The topological polar surface area (TPSA) is 113 Å². The first-order valence-electron chi connectivity index (χ1n) is 10.3. The second-order valence-electron chi connectivity index (χ2n) is 7.44. The first kappa shape index (κ1) is 23.5. The van der Waals surface area contributed by atoms with Crippen LogP contribution >= 0.6 is 0 Å². The Hall–Kier alpha value is -3.16. The highest BCUT2D eigenvalue weighted by Gasteiger charge is 2.36. The van der Waals surface area contributed by atoms with Crippen molar-refractivity contribution in [3.05, 3.63) is 41.7 Å². The second-order valence-corrected chi connectivity index (χ2v) is 7.44. The maximum Gasteiger partial charge on any atom is 0.419 e. The molecule has 1 fully saturated rings. The number of benzene rings is 1. The molecule has 32 heavy (non-hydrogen) atoms. The Balaban J connectivity index is 0.000000523. The zero-order valence-electron chi connectivity index (χ0n) is 17.7. The standard InChI is InChI=1S/C19H16F3N5.C3H9NO/c20-19(21,22)15-10-25-18(26-12-3-1-2-4-12)27-17(15)14-9-24-16-7-11(8-23)5-6-13(14)16;1-5-3-2-4/h5-7,9-10,12,24H,1-4H2,(H,25,26,27);2-4H2,1H3. The summed E-state index contributed by atoms with van der Waals surface area (Å²) in [6.07, 6.45) is 1.86. The molecule has 0 bridgehead atoms. The van der Waals surface area contributed by atoms with E-state index >= 15 is 0 Å². The van der Waals surface area contributed by atoms with Crippen LogP contribution in [0.15, 0.2) is 30.6 Å². The molecule has 4 N–H and O–H groups in total. The lowest BCUT2D eigenvalue weighted by Gasteiger charge is -2.15. The van der Waals surface area contributed by atoms with Crippen molar-refractivity contribution < 1.29 is 17.9 Å². The van der Waals surface area contributed by atoms with E-state index in [1.54, 1.807) is 25.3 Å². The molecule has 2 heterocycles. The van der Waals surface area contributed by atoms with E-state index in [0.717, 1.165) is 31.9 Å². The summed E-state index contributed by atoms with van der Waals surface area (Å²) in [4.78, 5) is 11.0. The zero-order chi connectivity index (χ0) is 23.1. The lowest BCUT2D eigenvalue weighted by molar-refractivity contribution is -0.137. The summed E-state index contributed by atoms with van der Waals surface area (Å²) in [6.45, 7) is 1.29. The molecular formula is C22H25F3N6O. The third-order valence-corrected chi connectivity index (χ3v) is 5.17. The summed E-state index contributed by atoms with van der Waals surface area (Å²) >= 11 is 0. The van der Waals surface area contributed by atoms with Gasteiger partial charge in [-0.25, -0.2) is 9.97 Å². The summed E-state index contributed by atoms with van der Waals surface area (Å²) in [5.74, 6) is 0.202. The average Bonchev–Trinajstić information content (AvgIpc) is 3.43. The van der Waals surface area contributed by atoms with Crippen molar-refractivity contribution in [3.63, 3.8) is 0 Å². The number of aromatic amines is 1. The van der Waals surface area contributed by atoms with E-state index < -0.39 is 11.7 Å². The molecule has 0 saturated heterocycles. The molecule has 1 aliphatic rings. The quantitative estimate of drug-likeness (QED) is 0.533. The molecule has 10 heteroatoms. The number of aromatic nitrogens is 3. The number of nitrogens with two attached hydrogens (primary N) is 1. The van der Waals surface area contributed by atoms with Gasteiger partial charge < -0.3 is 20.8 Å². The minimum Gasteiger partial charge on any atom is -0.383 e. The number of methoxy groups -OCH3 is 1. The predicted molar refractivity (Wildman–Crippen MR) is 116 cm³/mol. The fraction of sp³-hybridized carbons (Fsp3) is 0.409. The lowest BCUT2D eigenvalue weighted by Crippen LogP contribution is -2.18. The third-order valence-electron chi connectivity index (χ3n) is 5.17. The lowest BCUT2D eigenvalue weighted by atomic mass is 10.0. The number of fused-ring (bicyclic) bond motifs is 1. The molecular weight excluding hydrogens is 421 g/mol. The van der Waals surface area contributed by atoms with Crippen molar-refractivity contribution >= 4 is 16.9 Å². The van der Waals surface area contributed by atoms with Crippen molar-refractivity contribution in [2.45, 2.75) is 37.9 Å². The van der Waals surface area contributed by atoms with Crippen molar-refractivity contribution in [2.75, 3.05) is 25.6 Å². The van der Waals surface area contributed by atoms with Crippen LogP contribution in [0.2, 0.25) is 0 Å². The number of alkyl halides is 3. The normalized spacial score (nSPS) is 14.1. The first-order chi connectivity index (χ1) is 15.4. The smallest absolute Gasteiger partial charge is 0.383 e. The molecule has 0 spiro atoms. The molecule has 7 nitrogen and oxygen atoms in total. The number of hydrogen-bond acceptors (Lipinski definition) is 6. The third kappa shape index (κ3) is 5.55. The minimum atomic E-state index is -4.57. The van der Waals surface area contributed by atoms with Gasteiger partial charge in [0.2, 0.25) is 5.95 Å². The maximum absolute atomic E-state index is 13.5. The minimum absolute atomic E-state index is 0.172. The first-order valence-corrected chi connectivity index (χ1v) is 10.3. The molecule has 1 saturated carbocycles. The molecule has 0 radical (unpaired) electrons. The Morgan fingerprint density at radius 2 is 2.06 bits per heavy atom. The number of rotatable bonds is 5. The van der Waals surface area contributed by atoms with E-state index in [2.05, 4.69) is 25.0 Å². The number of anilines is 1. The van der Waals surface area contributed by atoms with Gasteiger partial charge in [-0.15, -0.1) is 0 Å². The molecule has 0 amide bonds. The van der Waals surface area contributed by atoms with Gasteiger partial charge in [0.05, 0.1) is 23.9 Å². The highest BCUT2D eigenvalue weighted by atomic mass is 19.4. The number of nitriles is 1. The van der Waals surface area contributed by atoms with Gasteiger partial charge in [-0.3, -0.25) is 0 Å². The van der Waals surface area contributed by atoms with Crippen molar-refractivity contribution in [1.29, 1.82) is 5.26 Å². The van der Waals surface area contributed by atoms with E-state index in [1.807, 2.05) is 6.07 Å². The Labute approximate surface area is 183 Å². The van der Waals surface area contributed by atoms with Crippen LogP contribution < -0.4 is 11.1 Å². The molecule has 3 aromatic rings. The number of hydrogen-bond donors (Lipinski definition) is 3. The molecule has 0 atom stereocenters. The van der Waals surface area contributed by atoms with Gasteiger partial charge in [-0.2, -0.15) is 18.4 Å². The highest BCUT2D eigenvalue weighted by Crippen LogP contribution is 2.39. The molecule has 4 rings (SSSR count). The van der Waals surface area contributed by atoms with Crippen LogP contribution in [0, 0.1) is 11.3 Å². The molecule has 0 aliphatic heterocycles. The van der Waals surface area contributed by atoms with Crippen molar-refractivity contribution in [1.82, 2.24) is 15.0 Å². The number of nitrogens with one attached hydrogen (secondary N) is 2. The largest absolute Gasteiger partial charge is 0.419 e. The van der Waals surface area contributed by atoms with E-state index in [4.69, 9.17) is 11.0 Å². The SMILES string of the molecule is COCCN.N#Cc1ccc2c(-c3nc(NC4CCCC4)ncc3C(F)(F)F)c[nH]c2c1. The molecule has 170 valence electrons. The van der Waals surface area contributed by atoms with E-state index in [9.17, 15) is 13.2 Å². The fourth-order valence-electron chi connectivity index (χ4n) is 3.63. The van der Waals surface area contributed by atoms with E-state index in [0.29, 0.717) is 35.2 Å². The van der Waals surface area contributed by atoms with Gasteiger partial charge in [-0.1, -0.05) is 18.9 Å². The van der Waals surface area contributed by atoms with Gasteiger partial charge in [-0.05, 0) is 25.0 Å². The van der Waals surface area contributed by atoms with Gasteiger partial charge in [0.15, 0.2) is 0 Å². The van der Waals surface area contributed by atoms with Crippen LogP contribution in [-0.4, -0.2) is 41.3 Å². The molecule has 2 aromatic heterocycles. The summed E-state index contributed by atoms with van der Waals surface area (Å²) in [7, 11) is 1.63. The average molecular weight is 446 g/mol. The molecule has 1 aromatic carbocycles. The summed E-state index contributed by atoms with van der Waals surface area (Å²) in [5.41, 5.74) is 5.30. The number of halogens is 3.